The van der Waals surface area contributed by atoms with Crippen molar-refractivity contribution in [3.63, 3.8) is 0 Å². The van der Waals surface area contributed by atoms with E-state index in [-0.39, 0.29) is 29.8 Å². The van der Waals surface area contributed by atoms with Crippen molar-refractivity contribution >= 4 is 48.0 Å². The first-order valence-corrected chi connectivity index (χ1v) is 9.38. The second-order valence-electron chi connectivity index (χ2n) is 5.98. The van der Waals surface area contributed by atoms with Gasteiger partial charge in [0.1, 0.15) is 24.2 Å². The van der Waals surface area contributed by atoms with Crippen LogP contribution < -0.4 is 16.4 Å². The number of nitro benzene ring substituents is 1. The predicted octanol–water partition coefficient (Wildman–Crippen LogP) is -0.913. The van der Waals surface area contributed by atoms with Gasteiger partial charge in [0.05, 0.1) is 4.92 Å². The van der Waals surface area contributed by atoms with Gasteiger partial charge in [-0.25, -0.2) is 4.79 Å². The molecule has 32 heavy (non-hydrogen) atoms. The molecule has 0 aromatic heterocycles. The van der Waals surface area contributed by atoms with E-state index in [1.807, 2.05) is 0 Å². The van der Waals surface area contributed by atoms with E-state index in [2.05, 4.69) is 23.3 Å². The molecule has 15 heteroatoms. The Morgan fingerprint density at radius 2 is 1.72 bits per heavy atom. The third kappa shape index (κ3) is 10.9. The molecule has 0 heterocycles. The van der Waals surface area contributed by atoms with Crippen LogP contribution in [-0.2, 0) is 19.2 Å². The van der Waals surface area contributed by atoms with Gasteiger partial charge in [-0.05, 0) is 12.5 Å². The molecule has 1 aromatic carbocycles. The second-order valence-corrected chi connectivity index (χ2v) is 6.34. The number of hydrogen-bond donors (Lipinski definition) is 7. The normalized spacial score (nSPS) is 11.7. The molecule has 0 aliphatic rings. The molecule has 0 fully saturated rings. The number of nitro groups is 1. The van der Waals surface area contributed by atoms with Crippen LogP contribution in [0.5, 0.6) is 0 Å². The predicted molar refractivity (Wildman–Crippen MR) is 111 cm³/mol. The van der Waals surface area contributed by atoms with E-state index in [9.17, 15) is 34.1 Å². The van der Waals surface area contributed by atoms with Crippen LogP contribution in [0.2, 0.25) is 0 Å². The fourth-order valence-corrected chi connectivity index (χ4v) is 2.23. The van der Waals surface area contributed by atoms with Crippen molar-refractivity contribution in [3.05, 3.63) is 39.9 Å². The zero-order chi connectivity index (χ0) is 24.8. The Bertz CT molecular complexity index is 830. The highest BCUT2D eigenvalue weighted by Crippen LogP contribution is 2.16. The summed E-state index contributed by atoms with van der Waals surface area (Å²) in [4.78, 5) is 63.7. The molecule has 2 atom stereocenters. The van der Waals surface area contributed by atoms with E-state index in [1.165, 1.54) is 18.2 Å². The largest absolute Gasteiger partial charge is 0.480 e. The van der Waals surface area contributed by atoms with Crippen LogP contribution in [0.1, 0.15) is 23.2 Å². The number of carboxylic acid groups (broad SMARTS) is 3. The van der Waals surface area contributed by atoms with Crippen LogP contribution in [0, 0.1) is 10.1 Å². The number of benzene rings is 1. The number of amides is 2. The van der Waals surface area contributed by atoms with Crippen molar-refractivity contribution in [1.82, 2.24) is 10.6 Å². The van der Waals surface area contributed by atoms with Gasteiger partial charge in [0.15, 0.2) is 0 Å². The van der Waals surface area contributed by atoms with Gasteiger partial charge in [-0.3, -0.25) is 29.3 Å². The van der Waals surface area contributed by atoms with Gasteiger partial charge in [0.25, 0.3) is 5.69 Å². The van der Waals surface area contributed by atoms with Crippen LogP contribution in [0.15, 0.2) is 24.3 Å². The zero-order valence-electron chi connectivity index (χ0n) is 16.5. The number of para-hydroxylation sites is 1. The number of aromatic carboxylic acids is 1. The molecule has 1 rings (SSSR count). The minimum atomic E-state index is -1.29. The van der Waals surface area contributed by atoms with E-state index in [0.717, 1.165) is 6.07 Å². The van der Waals surface area contributed by atoms with E-state index in [4.69, 9.17) is 21.1 Å². The molecular weight excluding hydrogens is 452 g/mol. The molecule has 0 spiro atoms. The summed E-state index contributed by atoms with van der Waals surface area (Å²) in [6, 6.07) is 3.06. The van der Waals surface area contributed by atoms with Crippen LogP contribution in [0.3, 0.4) is 0 Å². The number of thiol groups is 1. The molecule has 2 amide bonds. The summed E-state index contributed by atoms with van der Waals surface area (Å²) in [7, 11) is 0. The van der Waals surface area contributed by atoms with Crippen molar-refractivity contribution in [1.29, 1.82) is 0 Å². The molecule has 0 radical (unpaired) electrons. The third-order valence-corrected chi connectivity index (χ3v) is 3.94. The number of carboxylic acids is 3. The minimum absolute atomic E-state index is 0.0256. The first kappa shape index (κ1) is 28.3. The van der Waals surface area contributed by atoms with Crippen molar-refractivity contribution in [2.75, 3.05) is 12.3 Å². The lowest BCUT2D eigenvalue weighted by molar-refractivity contribution is -0.385. The maximum Gasteiger partial charge on any atom is 0.342 e. The Morgan fingerprint density at radius 3 is 2.16 bits per heavy atom. The summed E-state index contributed by atoms with van der Waals surface area (Å²) < 4.78 is 0. The summed E-state index contributed by atoms with van der Waals surface area (Å²) in [6.07, 6.45) is -0.235. The summed E-state index contributed by atoms with van der Waals surface area (Å²) in [5.74, 6) is -4.99. The average Bonchev–Trinajstić information content (AvgIpc) is 2.74. The standard InChI is InChI=1S/C10H17N3O6S.C7H5NO4/c11-5(10(18)19)1-2-7(14)13-6(4-20)9(17)12-3-8(15)16;9-7(10)5-3-1-2-4-6(5)8(11)12/h5-6,20H,1-4,11H2,(H,12,17)(H,13,14)(H,15,16)(H,18,19);1-4H,(H,9,10)/t5-,6-;/m0./s1. The number of rotatable bonds is 11. The number of nitrogens with two attached hydrogens (primary N) is 1. The van der Waals surface area contributed by atoms with Gasteiger partial charge in [0, 0.05) is 18.2 Å². The topological polar surface area (TPSA) is 239 Å². The Kier molecular flexibility index (Phi) is 12.6. The minimum Gasteiger partial charge on any atom is -0.480 e. The van der Waals surface area contributed by atoms with Crippen LogP contribution in [0.25, 0.3) is 0 Å². The molecule has 1 aromatic rings. The lowest BCUT2D eigenvalue weighted by atomic mass is 10.1. The first-order chi connectivity index (χ1) is 14.9. The molecule has 0 saturated heterocycles. The highest BCUT2D eigenvalue weighted by molar-refractivity contribution is 7.80. The Balaban J connectivity index is 0.000000677. The van der Waals surface area contributed by atoms with Gasteiger partial charge >= 0.3 is 17.9 Å². The average molecular weight is 474 g/mol. The van der Waals surface area contributed by atoms with Crippen LogP contribution in [-0.4, -0.2) is 74.3 Å². The maximum atomic E-state index is 11.5. The van der Waals surface area contributed by atoms with E-state index >= 15 is 0 Å². The van der Waals surface area contributed by atoms with E-state index in [0.29, 0.717) is 0 Å². The summed E-state index contributed by atoms with van der Waals surface area (Å²) >= 11 is 3.87. The Hall–Kier alpha value is -3.72. The number of nitrogens with one attached hydrogen (secondary N) is 2. The molecule has 0 unspecified atom stereocenters. The van der Waals surface area contributed by atoms with Crippen molar-refractivity contribution in [3.8, 4) is 0 Å². The molecule has 0 aliphatic carbocycles. The quantitative estimate of drug-likeness (QED) is 0.118. The van der Waals surface area contributed by atoms with Gasteiger partial charge in [-0.1, -0.05) is 12.1 Å². The lowest BCUT2D eigenvalue weighted by Gasteiger charge is -2.16. The highest BCUT2D eigenvalue weighted by Gasteiger charge is 2.21. The first-order valence-electron chi connectivity index (χ1n) is 8.75. The van der Waals surface area contributed by atoms with Gasteiger partial charge in [-0.2, -0.15) is 12.6 Å². The molecule has 7 N–H and O–H groups in total. The third-order valence-electron chi connectivity index (χ3n) is 3.58. The summed E-state index contributed by atoms with van der Waals surface area (Å²) in [5.41, 5.74) is 4.56. The fourth-order valence-electron chi connectivity index (χ4n) is 1.97. The number of aliphatic carboxylic acids is 2. The number of carbonyl (C=O) groups excluding carboxylic acids is 2. The molecule has 176 valence electrons. The molecular formula is C17H22N4O10S. The molecule has 0 aliphatic heterocycles. The van der Waals surface area contributed by atoms with Crippen molar-refractivity contribution in [2.24, 2.45) is 5.73 Å². The summed E-state index contributed by atoms with van der Waals surface area (Å²) in [6.45, 7) is -0.567. The van der Waals surface area contributed by atoms with Crippen molar-refractivity contribution < 1.29 is 44.2 Å². The monoisotopic (exact) mass is 474 g/mol. The second kappa shape index (κ2) is 14.3. The number of carbonyl (C=O) groups is 5. The van der Waals surface area contributed by atoms with Crippen LogP contribution in [0.4, 0.5) is 5.69 Å². The Labute approximate surface area is 186 Å². The van der Waals surface area contributed by atoms with Gasteiger partial charge in [-0.15, -0.1) is 0 Å². The van der Waals surface area contributed by atoms with Crippen molar-refractivity contribution in [2.45, 2.75) is 24.9 Å². The van der Waals surface area contributed by atoms with Gasteiger partial charge in [0.2, 0.25) is 11.8 Å². The lowest BCUT2D eigenvalue weighted by Crippen LogP contribution is -2.49. The maximum absolute atomic E-state index is 11.5. The number of hydrogen-bond acceptors (Lipinski definition) is 9. The molecule has 0 bridgehead atoms. The van der Waals surface area contributed by atoms with Crippen LogP contribution >= 0.6 is 12.6 Å². The molecule has 14 nitrogen and oxygen atoms in total. The number of nitrogens with zero attached hydrogens (tertiary/aromatic N) is 1. The van der Waals surface area contributed by atoms with Gasteiger partial charge < -0.3 is 31.7 Å². The smallest absolute Gasteiger partial charge is 0.342 e. The Morgan fingerprint density at radius 1 is 1.12 bits per heavy atom. The summed E-state index contributed by atoms with van der Waals surface area (Å²) in [5, 5.41) is 40.1. The zero-order valence-corrected chi connectivity index (χ0v) is 17.4. The van der Waals surface area contributed by atoms with E-state index < -0.39 is 53.3 Å². The molecule has 0 saturated carbocycles. The fraction of sp³-hybridized carbons (Fsp3) is 0.353. The SMILES string of the molecule is N[C@@H](CCC(=O)N[C@@H](CS)C(=O)NCC(=O)O)C(=O)O.O=C(O)c1ccccc1[N+](=O)[O-]. The van der Waals surface area contributed by atoms with E-state index in [1.54, 1.807) is 0 Å². The highest BCUT2D eigenvalue weighted by atomic mass is 32.1.